The van der Waals surface area contributed by atoms with Gasteiger partial charge in [0.05, 0.1) is 5.91 Å². The molecule has 0 atom stereocenters. The summed E-state index contributed by atoms with van der Waals surface area (Å²) in [7, 11) is 1.37. The van der Waals surface area contributed by atoms with Crippen molar-refractivity contribution >= 4 is 12.2 Å². The minimum Gasteiger partial charge on any atom is -0.652 e. The number of amides is 1. The molecular weight excluding hydrogens is 290 g/mol. The van der Waals surface area contributed by atoms with Crippen LogP contribution in [0.25, 0.3) is 5.32 Å². The SMILES string of the molecule is C[N-]C(=O)/C=C\C=O.[W]. The maximum Gasteiger partial charge on any atom is 0.142 e. The Morgan fingerprint density at radius 2 is 2.11 bits per heavy atom. The molecule has 0 spiro atoms. The van der Waals surface area contributed by atoms with Crippen molar-refractivity contribution in [3.8, 4) is 0 Å². The van der Waals surface area contributed by atoms with Gasteiger partial charge in [-0.05, 0) is 12.2 Å². The largest absolute Gasteiger partial charge is 0.652 e. The van der Waals surface area contributed by atoms with Crippen molar-refractivity contribution in [1.29, 1.82) is 0 Å². The van der Waals surface area contributed by atoms with E-state index in [0.29, 0.717) is 6.29 Å². The van der Waals surface area contributed by atoms with E-state index in [-0.39, 0.29) is 21.1 Å². The zero-order chi connectivity index (χ0) is 6.41. The summed E-state index contributed by atoms with van der Waals surface area (Å²) in [6.45, 7) is 0. The fraction of sp³-hybridized carbons (Fsp3) is 0.200. The summed E-state index contributed by atoms with van der Waals surface area (Å²) < 4.78 is 0. The Morgan fingerprint density at radius 1 is 1.56 bits per heavy atom. The summed E-state index contributed by atoms with van der Waals surface area (Å²) in [5.74, 6) is -0.392. The van der Waals surface area contributed by atoms with Crippen molar-refractivity contribution in [2.24, 2.45) is 0 Å². The Kier molecular flexibility index (Phi) is 9.57. The first-order valence-corrected chi connectivity index (χ1v) is 2.07. The van der Waals surface area contributed by atoms with Crippen LogP contribution in [0.3, 0.4) is 0 Å². The van der Waals surface area contributed by atoms with Crippen molar-refractivity contribution < 1.29 is 30.7 Å². The number of nitrogens with zero attached hydrogens (tertiary/aromatic N) is 1. The zero-order valence-corrected chi connectivity index (χ0v) is 7.84. The number of likely N-dealkylation sites (N-methyl/N-ethyl adjacent to an activating group) is 1. The molecule has 50 valence electrons. The third kappa shape index (κ3) is 7.57. The molecule has 0 aromatic carbocycles. The van der Waals surface area contributed by atoms with Crippen LogP contribution in [0.1, 0.15) is 0 Å². The molecule has 1 amide bonds. The van der Waals surface area contributed by atoms with Crippen molar-refractivity contribution in [2.75, 3.05) is 7.05 Å². The number of aldehydes is 1. The maximum atomic E-state index is 10.2. The van der Waals surface area contributed by atoms with E-state index in [4.69, 9.17) is 0 Å². The molecule has 0 aliphatic rings. The van der Waals surface area contributed by atoms with Gasteiger partial charge in [0.1, 0.15) is 6.29 Å². The van der Waals surface area contributed by atoms with Gasteiger partial charge in [-0.25, -0.2) is 0 Å². The Labute approximate surface area is 67.8 Å². The van der Waals surface area contributed by atoms with E-state index in [9.17, 15) is 9.59 Å². The van der Waals surface area contributed by atoms with Crippen molar-refractivity contribution in [3.05, 3.63) is 17.5 Å². The number of carbonyl (C=O) groups is 2. The first-order chi connectivity index (χ1) is 3.81. The van der Waals surface area contributed by atoms with Gasteiger partial charge in [0.15, 0.2) is 0 Å². The minimum atomic E-state index is -0.392. The van der Waals surface area contributed by atoms with E-state index in [2.05, 4.69) is 5.32 Å². The average molecular weight is 296 g/mol. The van der Waals surface area contributed by atoms with E-state index >= 15 is 0 Å². The smallest absolute Gasteiger partial charge is 0.142 e. The molecule has 0 aromatic heterocycles. The van der Waals surface area contributed by atoms with Gasteiger partial charge in [-0.1, -0.05) is 0 Å². The molecule has 3 nitrogen and oxygen atoms in total. The van der Waals surface area contributed by atoms with Gasteiger partial charge >= 0.3 is 0 Å². The van der Waals surface area contributed by atoms with Gasteiger partial charge in [-0.2, -0.15) is 0 Å². The second-order valence-corrected chi connectivity index (χ2v) is 1.06. The number of rotatable bonds is 2. The Balaban J connectivity index is 0. The molecule has 0 heterocycles. The van der Waals surface area contributed by atoms with Gasteiger partial charge < -0.3 is 10.1 Å². The Morgan fingerprint density at radius 3 is 2.44 bits per heavy atom. The van der Waals surface area contributed by atoms with Crippen LogP contribution < -0.4 is 0 Å². The molecule has 4 heteroatoms. The molecule has 0 bridgehead atoms. The molecule has 0 saturated carbocycles. The molecule has 0 fully saturated rings. The molecular formula is C5H6NO2W-. The van der Waals surface area contributed by atoms with Gasteiger partial charge in [-0.15, -0.1) is 7.05 Å². The quantitative estimate of drug-likeness (QED) is 0.542. The molecule has 9 heavy (non-hydrogen) atoms. The molecule has 0 radical (unpaired) electrons. The first kappa shape index (κ1) is 11.4. The topological polar surface area (TPSA) is 48.2 Å². The van der Waals surface area contributed by atoms with Crippen LogP contribution in [-0.2, 0) is 30.7 Å². The number of allylic oxidation sites excluding steroid dienone is 1. The molecule has 0 aromatic rings. The minimum absolute atomic E-state index is 0. The van der Waals surface area contributed by atoms with E-state index in [1.165, 1.54) is 7.05 Å². The van der Waals surface area contributed by atoms with Gasteiger partial charge in [0.25, 0.3) is 0 Å². The van der Waals surface area contributed by atoms with Crippen molar-refractivity contribution in [1.82, 2.24) is 0 Å². The molecule has 0 unspecified atom stereocenters. The summed E-state index contributed by atoms with van der Waals surface area (Å²) in [6.07, 6.45) is 2.74. The van der Waals surface area contributed by atoms with E-state index in [1.807, 2.05) is 0 Å². The Hall–Kier alpha value is -0.432. The molecule has 0 saturated heterocycles. The second-order valence-electron chi connectivity index (χ2n) is 1.06. The van der Waals surface area contributed by atoms with Crippen molar-refractivity contribution in [3.63, 3.8) is 0 Å². The monoisotopic (exact) mass is 296 g/mol. The predicted molar refractivity (Wildman–Crippen MR) is 29.5 cm³/mol. The van der Waals surface area contributed by atoms with E-state index in [1.54, 1.807) is 0 Å². The summed E-state index contributed by atoms with van der Waals surface area (Å²) in [5.41, 5.74) is 0. The first-order valence-electron chi connectivity index (χ1n) is 2.07. The van der Waals surface area contributed by atoms with Crippen LogP contribution in [0.4, 0.5) is 0 Å². The van der Waals surface area contributed by atoms with Gasteiger partial charge in [0.2, 0.25) is 0 Å². The fourth-order valence-corrected chi connectivity index (χ4v) is 0.196. The van der Waals surface area contributed by atoms with E-state index in [0.717, 1.165) is 12.2 Å². The standard InChI is InChI=1S/C5H7NO2.W/c1-6-5(8)3-2-4-7;/h2-4H,1H3,(H,6,8);/p-1/b3-2-;. The zero-order valence-electron chi connectivity index (χ0n) is 4.90. The molecule has 0 aliphatic heterocycles. The third-order valence-electron chi connectivity index (χ3n) is 0.538. The molecule has 0 aliphatic carbocycles. The predicted octanol–water partition coefficient (Wildman–Crippen LogP) is 0.269. The fourth-order valence-electron chi connectivity index (χ4n) is 0.196. The summed E-state index contributed by atoms with van der Waals surface area (Å²) >= 11 is 0. The van der Waals surface area contributed by atoms with Crippen LogP contribution in [0, 0.1) is 0 Å². The molecule has 0 rings (SSSR count). The summed E-state index contributed by atoms with van der Waals surface area (Å²) in [4.78, 5) is 19.7. The van der Waals surface area contributed by atoms with Gasteiger partial charge in [-0.3, -0.25) is 4.79 Å². The maximum absolute atomic E-state index is 10.2. The van der Waals surface area contributed by atoms with Crippen LogP contribution in [0.15, 0.2) is 12.2 Å². The van der Waals surface area contributed by atoms with Crippen LogP contribution in [0.2, 0.25) is 0 Å². The number of hydrogen-bond donors (Lipinski definition) is 0. The van der Waals surface area contributed by atoms with Crippen LogP contribution >= 0.6 is 0 Å². The third-order valence-corrected chi connectivity index (χ3v) is 0.538. The van der Waals surface area contributed by atoms with Crippen molar-refractivity contribution in [2.45, 2.75) is 0 Å². The number of carbonyl (C=O) groups excluding carboxylic acids is 2. The molecule has 0 N–H and O–H groups in total. The second kappa shape index (κ2) is 7.57. The summed E-state index contributed by atoms with van der Waals surface area (Å²) in [5, 5.41) is 3.24. The Bertz CT molecular complexity index is 122. The normalized spacial score (nSPS) is 8.11. The van der Waals surface area contributed by atoms with Gasteiger partial charge in [0, 0.05) is 21.1 Å². The van der Waals surface area contributed by atoms with E-state index < -0.39 is 5.91 Å². The number of hydrogen-bond acceptors (Lipinski definition) is 2. The van der Waals surface area contributed by atoms with Crippen LogP contribution in [0.5, 0.6) is 0 Å². The summed E-state index contributed by atoms with van der Waals surface area (Å²) in [6, 6.07) is 0. The van der Waals surface area contributed by atoms with Crippen LogP contribution in [-0.4, -0.2) is 19.2 Å². The average Bonchev–Trinajstić information content (AvgIpc) is 1.83.